The number of alkyl halides is 3. The molecule has 204 valence electrons. The van der Waals surface area contributed by atoms with Crippen molar-refractivity contribution in [1.29, 1.82) is 0 Å². The number of aromatic nitrogens is 3. The molecule has 4 rings (SSSR count). The maximum Gasteiger partial charge on any atom is 0.573 e. The number of esters is 1. The number of hydrogen-bond acceptors (Lipinski definition) is 7. The molecule has 1 fully saturated rings. The van der Waals surface area contributed by atoms with Gasteiger partial charge in [0.1, 0.15) is 17.6 Å². The highest BCUT2D eigenvalue weighted by Crippen LogP contribution is 2.39. The minimum absolute atomic E-state index is 0.00882. The summed E-state index contributed by atoms with van der Waals surface area (Å²) in [7, 11) is 1.59. The SMILES string of the molecule is CCOC(=O)c1nnn(Cc2ccc(OC)cc2)c1O[C@H]1CC[C@@H](c2ccc(OC(F)(F)F)c(Cl)c2)CC1. The van der Waals surface area contributed by atoms with Gasteiger partial charge in [0, 0.05) is 0 Å². The number of hydrogen-bond donors (Lipinski definition) is 0. The van der Waals surface area contributed by atoms with E-state index in [1.165, 1.54) is 16.8 Å². The Morgan fingerprint density at radius 2 is 1.82 bits per heavy atom. The Labute approximate surface area is 222 Å². The van der Waals surface area contributed by atoms with Crippen molar-refractivity contribution in [3.05, 3.63) is 64.3 Å². The van der Waals surface area contributed by atoms with Crippen LogP contribution in [0.1, 0.15) is 60.1 Å². The van der Waals surface area contributed by atoms with Crippen molar-refractivity contribution in [3.63, 3.8) is 0 Å². The van der Waals surface area contributed by atoms with Crippen molar-refractivity contribution in [2.45, 2.75) is 57.5 Å². The molecule has 8 nitrogen and oxygen atoms in total. The van der Waals surface area contributed by atoms with E-state index >= 15 is 0 Å². The molecular formula is C26H27ClF3N3O5. The zero-order chi connectivity index (χ0) is 27.3. The van der Waals surface area contributed by atoms with Gasteiger partial charge in [-0.05, 0) is 73.9 Å². The maximum absolute atomic E-state index is 12.5. The van der Waals surface area contributed by atoms with Crippen LogP contribution in [0.3, 0.4) is 0 Å². The second kappa shape index (κ2) is 11.9. The molecule has 1 saturated carbocycles. The lowest BCUT2D eigenvalue weighted by Crippen LogP contribution is -2.25. The molecule has 0 bridgehead atoms. The van der Waals surface area contributed by atoms with E-state index in [-0.39, 0.29) is 35.2 Å². The second-order valence-electron chi connectivity index (χ2n) is 8.80. The Hall–Kier alpha value is -3.47. The molecule has 0 atom stereocenters. The Morgan fingerprint density at radius 1 is 1.11 bits per heavy atom. The van der Waals surface area contributed by atoms with E-state index in [2.05, 4.69) is 15.0 Å². The van der Waals surface area contributed by atoms with E-state index < -0.39 is 18.1 Å². The highest BCUT2D eigenvalue weighted by atomic mass is 35.5. The quantitative estimate of drug-likeness (QED) is 0.293. The van der Waals surface area contributed by atoms with Gasteiger partial charge in [0.15, 0.2) is 0 Å². The predicted molar refractivity (Wildman–Crippen MR) is 132 cm³/mol. The lowest BCUT2D eigenvalue weighted by molar-refractivity contribution is -0.274. The van der Waals surface area contributed by atoms with Crippen molar-refractivity contribution in [1.82, 2.24) is 15.0 Å². The van der Waals surface area contributed by atoms with Gasteiger partial charge in [-0.15, -0.1) is 18.3 Å². The first-order chi connectivity index (χ1) is 18.2. The van der Waals surface area contributed by atoms with Crippen LogP contribution in [0.5, 0.6) is 17.4 Å². The summed E-state index contributed by atoms with van der Waals surface area (Å²) in [4.78, 5) is 12.5. The number of nitrogens with zero attached hydrogens (tertiary/aromatic N) is 3. The van der Waals surface area contributed by atoms with E-state index in [4.69, 9.17) is 25.8 Å². The van der Waals surface area contributed by atoms with Gasteiger partial charge in [0.2, 0.25) is 11.6 Å². The number of methoxy groups -OCH3 is 1. The monoisotopic (exact) mass is 553 g/mol. The van der Waals surface area contributed by atoms with Crippen molar-refractivity contribution in [3.8, 4) is 17.4 Å². The number of carbonyl (C=O) groups is 1. The lowest BCUT2D eigenvalue weighted by Gasteiger charge is -2.29. The molecule has 0 saturated heterocycles. The number of benzene rings is 2. The normalized spacial score (nSPS) is 17.6. The van der Waals surface area contributed by atoms with Crippen LogP contribution in [0.4, 0.5) is 13.2 Å². The van der Waals surface area contributed by atoms with Crippen LogP contribution >= 0.6 is 11.6 Å². The van der Waals surface area contributed by atoms with Gasteiger partial charge in [-0.2, -0.15) is 0 Å². The Bertz CT molecular complexity index is 1240. The van der Waals surface area contributed by atoms with Crippen molar-refractivity contribution < 1.29 is 36.9 Å². The van der Waals surface area contributed by atoms with Crippen molar-refractivity contribution in [2.75, 3.05) is 13.7 Å². The molecule has 1 heterocycles. The minimum atomic E-state index is -4.81. The Kier molecular flexibility index (Phi) is 8.65. The van der Waals surface area contributed by atoms with E-state index in [1.807, 2.05) is 24.3 Å². The Morgan fingerprint density at radius 3 is 2.42 bits per heavy atom. The van der Waals surface area contributed by atoms with E-state index in [0.717, 1.165) is 29.7 Å². The highest BCUT2D eigenvalue weighted by molar-refractivity contribution is 6.32. The molecule has 1 aliphatic carbocycles. The van der Waals surface area contributed by atoms with Gasteiger partial charge in [0.05, 0.1) is 25.3 Å². The first-order valence-electron chi connectivity index (χ1n) is 12.1. The average Bonchev–Trinajstić information content (AvgIpc) is 3.27. The molecule has 0 N–H and O–H groups in total. The van der Waals surface area contributed by atoms with Crippen LogP contribution in [0.2, 0.25) is 5.02 Å². The minimum Gasteiger partial charge on any atom is -0.497 e. The third-order valence-corrected chi connectivity index (χ3v) is 6.55. The van der Waals surface area contributed by atoms with Crippen LogP contribution in [-0.4, -0.2) is 47.1 Å². The lowest BCUT2D eigenvalue weighted by atomic mass is 9.82. The van der Waals surface area contributed by atoms with E-state index in [1.54, 1.807) is 20.1 Å². The van der Waals surface area contributed by atoms with E-state index in [9.17, 15) is 18.0 Å². The predicted octanol–water partition coefficient (Wildman–Crippen LogP) is 6.17. The van der Waals surface area contributed by atoms with Crippen LogP contribution in [-0.2, 0) is 11.3 Å². The average molecular weight is 554 g/mol. The molecule has 0 amide bonds. The van der Waals surface area contributed by atoms with Gasteiger partial charge in [-0.3, -0.25) is 0 Å². The summed E-state index contributed by atoms with van der Waals surface area (Å²) in [5, 5.41) is 8.06. The number of halogens is 4. The summed E-state index contributed by atoms with van der Waals surface area (Å²) in [5.41, 5.74) is 1.76. The highest BCUT2D eigenvalue weighted by Gasteiger charge is 2.33. The first-order valence-corrected chi connectivity index (χ1v) is 12.5. The fourth-order valence-corrected chi connectivity index (χ4v) is 4.63. The van der Waals surface area contributed by atoms with Gasteiger partial charge in [-0.1, -0.05) is 35.0 Å². The Balaban J connectivity index is 1.45. The largest absolute Gasteiger partial charge is 0.573 e. The number of ether oxygens (including phenoxy) is 4. The number of carbonyl (C=O) groups excluding carboxylic acids is 1. The van der Waals surface area contributed by atoms with Gasteiger partial charge in [-0.25, -0.2) is 9.48 Å². The van der Waals surface area contributed by atoms with Crippen molar-refractivity contribution in [2.24, 2.45) is 0 Å². The summed E-state index contributed by atoms with van der Waals surface area (Å²) in [6.45, 7) is 2.21. The molecule has 2 aromatic carbocycles. The van der Waals surface area contributed by atoms with E-state index in [0.29, 0.717) is 19.4 Å². The molecule has 12 heteroatoms. The maximum atomic E-state index is 12.5. The summed E-state index contributed by atoms with van der Waals surface area (Å²) in [5.74, 6) is 0.00665. The standard InChI is InChI=1S/C26H27ClF3N3O5/c1-3-36-25(34)23-24(33(32-31-23)15-16-4-9-19(35-2)10-5-16)37-20-11-6-17(7-12-20)18-8-13-22(21(27)14-18)38-26(28,29)30/h4-5,8-10,13-14,17,20H,3,6-7,11-12,15H2,1-2H3/t17-,20+. The van der Waals surface area contributed by atoms with Crippen molar-refractivity contribution >= 4 is 17.6 Å². The zero-order valence-corrected chi connectivity index (χ0v) is 21.6. The fourth-order valence-electron chi connectivity index (χ4n) is 4.41. The number of rotatable bonds is 9. The molecule has 0 aliphatic heterocycles. The first kappa shape index (κ1) is 27.6. The van der Waals surface area contributed by atoms with Gasteiger partial charge < -0.3 is 18.9 Å². The third kappa shape index (κ3) is 6.89. The summed E-state index contributed by atoms with van der Waals surface area (Å²) in [6, 6.07) is 11.8. The zero-order valence-electron chi connectivity index (χ0n) is 20.8. The molecule has 38 heavy (non-hydrogen) atoms. The molecule has 0 spiro atoms. The van der Waals surface area contributed by atoms with Gasteiger partial charge in [0.25, 0.3) is 0 Å². The van der Waals surface area contributed by atoms with Crippen LogP contribution in [0.25, 0.3) is 0 Å². The molecule has 1 aliphatic rings. The topological polar surface area (TPSA) is 84.7 Å². The summed E-state index contributed by atoms with van der Waals surface area (Å²) in [6.07, 6.45) is -2.28. The molecule has 1 aromatic heterocycles. The summed E-state index contributed by atoms with van der Waals surface area (Å²) >= 11 is 6.03. The van der Waals surface area contributed by atoms with Crippen LogP contribution < -0.4 is 14.2 Å². The molecule has 0 radical (unpaired) electrons. The fraction of sp³-hybridized carbons (Fsp3) is 0.423. The summed E-state index contributed by atoms with van der Waals surface area (Å²) < 4.78 is 59.7. The molecule has 3 aromatic rings. The smallest absolute Gasteiger partial charge is 0.497 e. The van der Waals surface area contributed by atoms with Gasteiger partial charge >= 0.3 is 12.3 Å². The second-order valence-corrected chi connectivity index (χ2v) is 9.21. The van der Waals surface area contributed by atoms with Crippen LogP contribution in [0.15, 0.2) is 42.5 Å². The molecular weight excluding hydrogens is 527 g/mol. The molecule has 0 unspecified atom stereocenters. The third-order valence-electron chi connectivity index (χ3n) is 6.26. The van der Waals surface area contributed by atoms with Crippen LogP contribution in [0, 0.1) is 0 Å².